The largest absolute Gasteiger partial charge is 0.341 e. The fourth-order valence-electron chi connectivity index (χ4n) is 4.12. The number of aryl methyl sites for hydroxylation is 3. The Hall–Kier alpha value is -3.93. The molecule has 0 bridgehead atoms. The molecule has 0 aliphatic rings. The Kier molecular flexibility index (Phi) is 6.54. The highest BCUT2D eigenvalue weighted by molar-refractivity contribution is 6.09. The summed E-state index contributed by atoms with van der Waals surface area (Å²) in [6, 6.07) is 20.3. The van der Waals surface area contributed by atoms with Crippen molar-refractivity contribution >= 4 is 45.5 Å². The van der Waals surface area contributed by atoms with E-state index in [-0.39, 0.29) is 24.7 Å². The lowest BCUT2D eigenvalue weighted by molar-refractivity contribution is -0.124. The molecule has 1 aromatic heterocycles. The zero-order chi connectivity index (χ0) is 23.4. The zero-order valence-electron chi connectivity index (χ0n) is 19.2. The zero-order valence-corrected chi connectivity index (χ0v) is 19.2. The molecule has 0 radical (unpaired) electrons. The van der Waals surface area contributed by atoms with E-state index in [1.807, 2.05) is 50.2 Å². The molecular formula is C27H28N4O2. The van der Waals surface area contributed by atoms with Crippen LogP contribution in [0, 0.1) is 13.8 Å². The van der Waals surface area contributed by atoms with Crippen LogP contribution in [0.2, 0.25) is 0 Å². The van der Waals surface area contributed by atoms with Crippen LogP contribution >= 0.6 is 0 Å². The molecule has 6 nitrogen and oxygen atoms in total. The van der Waals surface area contributed by atoms with E-state index in [1.165, 1.54) is 16.4 Å². The molecule has 0 spiro atoms. The van der Waals surface area contributed by atoms with Crippen molar-refractivity contribution < 1.29 is 9.59 Å². The fourth-order valence-corrected chi connectivity index (χ4v) is 4.12. The summed E-state index contributed by atoms with van der Waals surface area (Å²) < 4.78 is 2.29. The second-order valence-corrected chi connectivity index (χ2v) is 8.20. The number of hydrogen-bond acceptors (Lipinski definition) is 3. The van der Waals surface area contributed by atoms with E-state index in [0.717, 1.165) is 34.3 Å². The molecule has 168 valence electrons. The summed E-state index contributed by atoms with van der Waals surface area (Å²) in [6.45, 7) is 6.98. The number of hydrogen-bond donors (Lipinski definition) is 2. The van der Waals surface area contributed by atoms with Gasteiger partial charge in [0.1, 0.15) is 0 Å². The monoisotopic (exact) mass is 440 g/mol. The van der Waals surface area contributed by atoms with Crippen LogP contribution in [0.25, 0.3) is 21.8 Å². The SMILES string of the molecule is CCn1c2ccccc2c2cc(/C=N\NC(=O)CCC(=O)Nc3ccc(C)cc3C)ccc21. The number of carbonyl (C=O) groups excluding carboxylic acids is 2. The molecule has 0 unspecified atom stereocenters. The number of amides is 2. The van der Waals surface area contributed by atoms with E-state index >= 15 is 0 Å². The minimum Gasteiger partial charge on any atom is -0.341 e. The number of carbonyl (C=O) groups is 2. The third kappa shape index (κ3) is 4.95. The van der Waals surface area contributed by atoms with Gasteiger partial charge in [-0.3, -0.25) is 9.59 Å². The van der Waals surface area contributed by atoms with Gasteiger partial charge in [-0.25, -0.2) is 5.43 Å². The van der Waals surface area contributed by atoms with Gasteiger partial charge in [0, 0.05) is 46.9 Å². The molecule has 0 saturated heterocycles. The third-order valence-corrected chi connectivity index (χ3v) is 5.75. The lowest BCUT2D eigenvalue weighted by Gasteiger charge is -2.08. The van der Waals surface area contributed by atoms with Crippen LogP contribution in [0.15, 0.2) is 65.8 Å². The summed E-state index contributed by atoms with van der Waals surface area (Å²) in [5, 5.41) is 9.29. The van der Waals surface area contributed by atoms with Gasteiger partial charge in [-0.2, -0.15) is 5.10 Å². The number of nitrogens with one attached hydrogen (secondary N) is 2. The second kappa shape index (κ2) is 9.69. The molecular weight excluding hydrogens is 412 g/mol. The molecule has 0 aliphatic heterocycles. The maximum atomic E-state index is 12.2. The molecule has 0 saturated carbocycles. The van der Waals surface area contributed by atoms with Crippen molar-refractivity contribution in [2.75, 3.05) is 5.32 Å². The predicted molar refractivity (Wildman–Crippen MR) is 135 cm³/mol. The normalized spacial score (nSPS) is 11.4. The lowest BCUT2D eigenvalue weighted by atomic mass is 10.1. The van der Waals surface area contributed by atoms with Crippen molar-refractivity contribution in [3.8, 4) is 0 Å². The Labute approximate surface area is 193 Å². The highest BCUT2D eigenvalue weighted by Crippen LogP contribution is 2.29. The highest BCUT2D eigenvalue weighted by Gasteiger charge is 2.10. The van der Waals surface area contributed by atoms with Crippen LogP contribution in [0.1, 0.15) is 36.5 Å². The smallest absolute Gasteiger partial charge is 0.240 e. The van der Waals surface area contributed by atoms with Crippen LogP contribution in [0.5, 0.6) is 0 Å². The quantitative estimate of drug-likeness (QED) is 0.302. The molecule has 3 aromatic carbocycles. The summed E-state index contributed by atoms with van der Waals surface area (Å²) in [4.78, 5) is 24.3. The van der Waals surface area contributed by atoms with Crippen LogP contribution in [-0.2, 0) is 16.1 Å². The first-order chi connectivity index (χ1) is 16.0. The van der Waals surface area contributed by atoms with Crippen molar-refractivity contribution in [2.24, 2.45) is 5.10 Å². The summed E-state index contributed by atoms with van der Waals surface area (Å²) in [5.41, 5.74) is 8.70. The molecule has 2 N–H and O–H groups in total. The van der Waals surface area contributed by atoms with Gasteiger partial charge < -0.3 is 9.88 Å². The lowest BCUT2D eigenvalue weighted by Crippen LogP contribution is -2.20. The first-order valence-electron chi connectivity index (χ1n) is 11.2. The van der Waals surface area contributed by atoms with Gasteiger partial charge >= 0.3 is 0 Å². The summed E-state index contributed by atoms with van der Waals surface area (Å²) >= 11 is 0. The van der Waals surface area contributed by atoms with Crippen molar-refractivity contribution in [1.82, 2.24) is 9.99 Å². The number of rotatable bonds is 7. The number of nitrogens with zero attached hydrogens (tertiary/aromatic N) is 2. The van der Waals surface area contributed by atoms with Crippen LogP contribution in [-0.4, -0.2) is 22.6 Å². The van der Waals surface area contributed by atoms with Crippen molar-refractivity contribution in [3.05, 3.63) is 77.4 Å². The van der Waals surface area contributed by atoms with Gasteiger partial charge in [0.25, 0.3) is 0 Å². The Morgan fingerprint density at radius 2 is 1.67 bits per heavy atom. The molecule has 1 heterocycles. The van der Waals surface area contributed by atoms with Crippen LogP contribution < -0.4 is 10.7 Å². The number of hydrazone groups is 1. The summed E-state index contributed by atoms with van der Waals surface area (Å²) in [7, 11) is 0. The second-order valence-electron chi connectivity index (χ2n) is 8.20. The van der Waals surface area contributed by atoms with E-state index in [9.17, 15) is 9.59 Å². The molecule has 33 heavy (non-hydrogen) atoms. The third-order valence-electron chi connectivity index (χ3n) is 5.75. The number of para-hydroxylation sites is 1. The average molecular weight is 441 g/mol. The molecule has 0 fully saturated rings. The van der Waals surface area contributed by atoms with E-state index in [2.05, 4.69) is 51.6 Å². The molecule has 4 aromatic rings. The number of benzene rings is 3. The maximum Gasteiger partial charge on any atom is 0.240 e. The molecule has 0 atom stereocenters. The van der Waals surface area contributed by atoms with Gasteiger partial charge in [-0.05, 0) is 56.2 Å². The highest BCUT2D eigenvalue weighted by atomic mass is 16.2. The number of aromatic nitrogens is 1. The van der Waals surface area contributed by atoms with Crippen molar-refractivity contribution in [1.29, 1.82) is 0 Å². The predicted octanol–water partition coefficient (Wildman–Crippen LogP) is 5.30. The Morgan fingerprint density at radius 1 is 0.909 bits per heavy atom. The van der Waals surface area contributed by atoms with Gasteiger partial charge in [0.15, 0.2) is 0 Å². The van der Waals surface area contributed by atoms with Gasteiger partial charge in [0.2, 0.25) is 11.8 Å². The minimum absolute atomic E-state index is 0.0666. The summed E-state index contributed by atoms with van der Waals surface area (Å²) in [6.07, 6.45) is 1.79. The van der Waals surface area contributed by atoms with E-state index in [1.54, 1.807) is 6.21 Å². The number of anilines is 1. The van der Waals surface area contributed by atoms with Crippen LogP contribution in [0.4, 0.5) is 5.69 Å². The van der Waals surface area contributed by atoms with Crippen molar-refractivity contribution in [2.45, 2.75) is 40.2 Å². The standard InChI is InChI=1S/C27H28N4O2/c1-4-31-24-8-6-5-7-21(24)22-16-20(10-12-25(22)31)17-28-30-27(33)14-13-26(32)29-23-11-9-18(2)15-19(23)3/h5-12,15-17H,4,13-14H2,1-3H3,(H,29,32)(H,30,33)/b28-17-. The minimum atomic E-state index is -0.300. The number of fused-ring (bicyclic) bond motifs is 3. The first-order valence-corrected chi connectivity index (χ1v) is 11.2. The molecule has 6 heteroatoms. The Morgan fingerprint density at radius 3 is 2.45 bits per heavy atom. The van der Waals surface area contributed by atoms with Gasteiger partial charge in [-0.15, -0.1) is 0 Å². The Bertz CT molecular complexity index is 1370. The average Bonchev–Trinajstić information content (AvgIpc) is 3.12. The molecule has 4 rings (SSSR count). The fraction of sp³-hybridized carbons (Fsp3) is 0.222. The Balaban J connectivity index is 1.35. The molecule has 0 aliphatic carbocycles. The molecule has 2 amide bonds. The van der Waals surface area contributed by atoms with Gasteiger partial charge in [-0.1, -0.05) is 42.0 Å². The summed E-state index contributed by atoms with van der Waals surface area (Å²) in [5.74, 6) is -0.496. The van der Waals surface area contributed by atoms with Crippen molar-refractivity contribution in [3.63, 3.8) is 0 Å². The van der Waals surface area contributed by atoms with Gasteiger partial charge in [0.05, 0.1) is 6.21 Å². The maximum absolute atomic E-state index is 12.2. The first kappa shape index (κ1) is 22.3. The van der Waals surface area contributed by atoms with Crippen LogP contribution in [0.3, 0.4) is 0 Å². The van der Waals surface area contributed by atoms with E-state index < -0.39 is 0 Å². The van der Waals surface area contributed by atoms with E-state index in [0.29, 0.717) is 0 Å². The topological polar surface area (TPSA) is 75.5 Å². The van der Waals surface area contributed by atoms with E-state index in [4.69, 9.17) is 0 Å².